The highest BCUT2D eigenvalue weighted by atomic mass is 127. The minimum atomic E-state index is -4.31. The number of imidazole rings is 1. The van der Waals surface area contributed by atoms with Crippen molar-refractivity contribution in [2.45, 2.75) is 56.9 Å². The standard InChI is InChI=1S/C18H27IN7O10P/c1-6(13(28)29)24-37(33,25-7(2)14(30)31)35-5-8-10(27)18(3,32)15(36-8)26-11-9(21-16(26)19)12(34-4)23-17(20)22-11/h6-8,10,15,27,32H,5H2,1-4H3,(H,28,29)(H,30,31)(H2,20,22,23)(H2,24,25,33)/t6?,7?,8-,10-,15-,18-,37?/m1/s1. The third kappa shape index (κ3) is 5.95. The van der Waals surface area contributed by atoms with Gasteiger partial charge in [-0.25, -0.2) is 15.2 Å². The number of aliphatic carboxylic acids is 2. The van der Waals surface area contributed by atoms with Crippen LogP contribution in [0.2, 0.25) is 0 Å². The first-order valence-electron chi connectivity index (χ1n) is 10.7. The van der Waals surface area contributed by atoms with E-state index in [1.807, 2.05) is 22.6 Å². The molecule has 0 saturated carbocycles. The number of nitrogen functional groups attached to an aromatic ring is 1. The lowest BCUT2D eigenvalue weighted by molar-refractivity contribution is -0.139. The zero-order valence-electron chi connectivity index (χ0n) is 20.0. The fourth-order valence-corrected chi connectivity index (χ4v) is 6.10. The van der Waals surface area contributed by atoms with Crippen molar-refractivity contribution in [3.8, 4) is 5.88 Å². The fourth-order valence-electron chi connectivity index (χ4n) is 3.55. The van der Waals surface area contributed by atoms with Crippen LogP contribution in [-0.2, 0) is 23.4 Å². The molecule has 3 heterocycles. The summed E-state index contributed by atoms with van der Waals surface area (Å²) < 4.78 is 31.4. The molecule has 206 valence electrons. The maximum Gasteiger partial charge on any atom is 0.342 e. The summed E-state index contributed by atoms with van der Waals surface area (Å²) in [6.45, 7) is 3.02. The van der Waals surface area contributed by atoms with Crippen LogP contribution in [0.3, 0.4) is 0 Å². The maximum absolute atomic E-state index is 13.3. The fraction of sp³-hybridized carbons (Fsp3) is 0.611. The molecule has 3 rings (SSSR count). The van der Waals surface area contributed by atoms with E-state index in [1.165, 1.54) is 32.4 Å². The zero-order chi connectivity index (χ0) is 27.9. The van der Waals surface area contributed by atoms with Gasteiger partial charge in [0, 0.05) is 22.6 Å². The number of carboxylic acids is 2. The van der Waals surface area contributed by atoms with Crippen molar-refractivity contribution < 1.29 is 48.6 Å². The van der Waals surface area contributed by atoms with Crippen molar-refractivity contribution in [1.29, 1.82) is 0 Å². The number of halogens is 1. The van der Waals surface area contributed by atoms with Crippen molar-refractivity contribution in [3.63, 3.8) is 0 Å². The first-order chi connectivity index (χ1) is 17.1. The largest absolute Gasteiger partial charge is 0.480 e. The van der Waals surface area contributed by atoms with E-state index in [9.17, 15) is 34.6 Å². The number of anilines is 1. The minimum absolute atomic E-state index is 0.0791. The molecule has 0 spiro atoms. The molecule has 37 heavy (non-hydrogen) atoms. The Morgan fingerprint density at radius 1 is 1.24 bits per heavy atom. The predicted octanol–water partition coefficient (Wildman–Crippen LogP) is -0.719. The van der Waals surface area contributed by atoms with Gasteiger partial charge in [0.05, 0.1) is 13.7 Å². The van der Waals surface area contributed by atoms with Crippen molar-refractivity contribution in [1.82, 2.24) is 29.7 Å². The predicted molar refractivity (Wildman–Crippen MR) is 134 cm³/mol. The molecule has 2 unspecified atom stereocenters. The number of carbonyl (C=O) groups is 2. The van der Waals surface area contributed by atoms with Crippen LogP contribution in [0.25, 0.3) is 11.2 Å². The topological polar surface area (TPSA) is 253 Å². The molecule has 19 heteroatoms. The van der Waals surface area contributed by atoms with Crippen LogP contribution in [0.1, 0.15) is 27.0 Å². The number of methoxy groups -OCH3 is 1. The normalized spacial score (nSPS) is 27.1. The number of rotatable bonds is 11. The van der Waals surface area contributed by atoms with E-state index in [0.717, 1.165) is 0 Å². The monoisotopic (exact) mass is 659 g/mol. The van der Waals surface area contributed by atoms with Crippen LogP contribution in [0.5, 0.6) is 5.88 Å². The Bertz CT molecular complexity index is 1220. The molecular formula is C18H27IN7O10P. The van der Waals surface area contributed by atoms with Crippen LogP contribution in [-0.4, -0.2) is 95.5 Å². The van der Waals surface area contributed by atoms with Gasteiger partial charge in [-0.3, -0.25) is 18.7 Å². The lowest BCUT2D eigenvalue weighted by Crippen LogP contribution is -2.45. The SMILES string of the molecule is COc1nc(N)nc2c1nc(I)n2[C@@H]1O[C@H](COP(=O)(NC(C)C(=O)O)NC(C)C(=O)O)[C@@H](O)[C@@]1(C)O. The molecule has 17 nitrogen and oxygen atoms in total. The second-order valence-corrected chi connectivity index (χ2v) is 11.3. The van der Waals surface area contributed by atoms with Crippen LogP contribution in [0, 0.1) is 3.83 Å². The third-order valence-electron chi connectivity index (χ3n) is 5.55. The van der Waals surface area contributed by atoms with Crippen LogP contribution >= 0.6 is 30.3 Å². The number of hydrogen-bond acceptors (Lipinski definition) is 12. The van der Waals surface area contributed by atoms with Gasteiger partial charge < -0.3 is 40.2 Å². The molecule has 0 aliphatic carbocycles. The van der Waals surface area contributed by atoms with Gasteiger partial charge in [0.2, 0.25) is 11.8 Å². The molecule has 6 atom stereocenters. The summed E-state index contributed by atoms with van der Waals surface area (Å²) in [6.07, 6.45) is -4.19. The Labute approximate surface area is 223 Å². The summed E-state index contributed by atoms with van der Waals surface area (Å²) in [7, 11) is -2.95. The van der Waals surface area contributed by atoms with E-state index in [4.69, 9.17) is 19.7 Å². The summed E-state index contributed by atoms with van der Waals surface area (Å²) in [5, 5.41) is 44.8. The number of nitrogens with zero attached hydrogens (tertiary/aromatic N) is 4. The zero-order valence-corrected chi connectivity index (χ0v) is 23.1. The highest BCUT2D eigenvalue weighted by molar-refractivity contribution is 14.1. The quantitative estimate of drug-likeness (QED) is 0.0893. The first kappa shape index (κ1) is 29.4. The number of aliphatic hydroxyl groups is 2. The summed E-state index contributed by atoms with van der Waals surface area (Å²) in [5.41, 5.74) is 4.18. The first-order valence-corrected chi connectivity index (χ1v) is 13.4. The molecule has 8 N–H and O–H groups in total. The molecule has 0 bridgehead atoms. The number of aliphatic hydroxyl groups excluding tert-OH is 1. The van der Waals surface area contributed by atoms with Crippen molar-refractivity contribution in [2.75, 3.05) is 19.5 Å². The molecule has 0 aromatic carbocycles. The third-order valence-corrected chi connectivity index (χ3v) is 8.28. The Morgan fingerprint density at radius 2 is 1.81 bits per heavy atom. The highest BCUT2D eigenvalue weighted by Crippen LogP contribution is 2.44. The van der Waals surface area contributed by atoms with E-state index in [-0.39, 0.29) is 26.8 Å². The maximum atomic E-state index is 13.3. The van der Waals surface area contributed by atoms with Crippen LogP contribution < -0.4 is 20.6 Å². The molecule has 1 fully saturated rings. The van der Waals surface area contributed by atoms with Gasteiger partial charge in [-0.05, 0) is 20.8 Å². The Kier molecular flexibility index (Phi) is 8.64. The average Bonchev–Trinajstić information content (AvgIpc) is 3.23. The summed E-state index contributed by atoms with van der Waals surface area (Å²) in [5.74, 6) is -2.80. The van der Waals surface area contributed by atoms with Gasteiger partial charge in [0.15, 0.2) is 21.2 Å². The number of fused-ring (bicyclic) bond motifs is 1. The van der Waals surface area contributed by atoms with E-state index < -0.39 is 62.3 Å². The van der Waals surface area contributed by atoms with Gasteiger partial charge in [-0.15, -0.1) is 0 Å². The second kappa shape index (κ2) is 10.9. The summed E-state index contributed by atoms with van der Waals surface area (Å²) in [6, 6.07) is -2.77. The van der Waals surface area contributed by atoms with Gasteiger partial charge >= 0.3 is 19.6 Å². The van der Waals surface area contributed by atoms with Gasteiger partial charge in [-0.1, -0.05) is 0 Å². The molecule has 1 aliphatic heterocycles. The number of hydrogen-bond donors (Lipinski definition) is 7. The summed E-state index contributed by atoms with van der Waals surface area (Å²) in [4.78, 5) is 35.0. The van der Waals surface area contributed by atoms with Gasteiger partial charge in [0.25, 0.3) is 0 Å². The second-order valence-electron chi connectivity index (χ2n) is 8.44. The van der Waals surface area contributed by atoms with Crippen molar-refractivity contribution in [3.05, 3.63) is 3.83 Å². The number of ether oxygens (including phenoxy) is 2. The van der Waals surface area contributed by atoms with Gasteiger partial charge in [-0.2, -0.15) is 9.97 Å². The van der Waals surface area contributed by atoms with Crippen molar-refractivity contribution in [2.24, 2.45) is 0 Å². The van der Waals surface area contributed by atoms with Crippen LogP contribution in [0.15, 0.2) is 0 Å². The van der Waals surface area contributed by atoms with Gasteiger partial charge in [0.1, 0.15) is 29.9 Å². The molecule has 1 saturated heterocycles. The van der Waals surface area contributed by atoms with Crippen LogP contribution in [0.4, 0.5) is 5.95 Å². The molecule has 1 aliphatic rings. The Morgan fingerprint density at radius 3 is 2.32 bits per heavy atom. The lowest BCUT2D eigenvalue weighted by atomic mass is 9.96. The number of nitrogens with one attached hydrogen (secondary N) is 2. The molecule has 0 radical (unpaired) electrons. The smallest absolute Gasteiger partial charge is 0.342 e. The van der Waals surface area contributed by atoms with E-state index in [2.05, 4.69) is 25.1 Å². The number of nitrogens with two attached hydrogens (primary N) is 1. The number of aromatic nitrogens is 4. The summed E-state index contributed by atoms with van der Waals surface area (Å²) >= 11 is 1.86. The minimum Gasteiger partial charge on any atom is -0.480 e. The molecular weight excluding hydrogens is 632 g/mol. The number of carboxylic acid groups (broad SMARTS) is 2. The highest BCUT2D eigenvalue weighted by Gasteiger charge is 2.54. The molecule has 0 amide bonds. The Hall–Kier alpha value is -2.19. The van der Waals surface area contributed by atoms with E-state index in [0.29, 0.717) is 0 Å². The Balaban J connectivity index is 1.90. The molecule has 2 aromatic heterocycles. The van der Waals surface area contributed by atoms with Crippen molar-refractivity contribution >= 4 is 59.3 Å². The van der Waals surface area contributed by atoms with E-state index in [1.54, 1.807) is 0 Å². The molecule has 2 aromatic rings. The average molecular weight is 659 g/mol. The lowest BCUT2D eigenvalue weighted by Gasteiger charge is -2.28. The van der Waals surface area contributed by atoms with E-state index >= 15 is 0 Å².